The minimum absolute atomic E-state index is 0.256. The van der Waals surface area contributed by atoms with Crippen LogP contribution in [0.4, 0.5) is 0 Å². The monoisotopic (exact) mass is 199 g/mol. The fourth-order valence-corrected chi connectivity index (χ4v) is 1.67. The van der Waals surface area contributed by atoms with Gasteiger partial charge < -0.3 is 10.2 Å². The van der Waals surface area contributed by atoms with Crippen molar-refractivity contribution in [1.82, 2.24) is 15.1 Å². The van der Waals surface area contributed by atoms with Gasteiger partial charge in [0.05, 0.1) is 6.67 Å². The van der Waals surface area contributed by atoms with Gasteiger partial charge in [-0.3, -0.25) is 9.69 Å². The summed E-state index contributed by atoms with van der Waals surface area (Å²) in [6, 6.07) is 0. The lowest BCUT2D eigenvalue weighted by Crippen LogP contribution is -2.49. The third kappa shape index (κ3) is 3.27. The van der Waals surface area contributed by atoms with Crippen LogP contribution in [0, 0.1) is 0 Å². The molecular weight excluding hydrogens is 178 g/mol. The van der Waals surface area contributed by atoms with Crippen molar-refractivity contribution in [3.8, 4) is 0 Å². The van der Waals surface area contributed by atoms with E-state index in [0.29, 0.717) is 6.42 Å². The summed E-state index contributed by atoms with van der Waals surface area (Å²) in [4.78, 5) is 15.7. The molecule has 4 nitrogen and oxygen atoms in total. The third-order valence-corrected chi connectivity index (χ3v) is 2.62. The molecule has 82 valence electrons. The van der Waals surface area contributed by atoms with E-state index in [2.05, 4.69) is 10.2 Å². The Morgan fingerprint density at radius 2 is 2.00 bits per heavy atom. The van der Waals surface area contributed by atoms with Crippen LogP contribution in [0.1, 0.15) is 20.3 Å². The summed E-state index contributed by atoms with van der Waals surface area (Å²) >= 11 is 0. The fraction of sp³-hybridized carbons (Fsp3) is 0.900. The average molecular weight is 199 g/mol. The molecule has 1 aliphatic heterocycles. The summed E-state index contributed by atoms with van der Waals surface area (Å²) in [6.45, 7) is 9.75. The molecule has 0 spiro atoms. The number of nitrogens with zero attached hydrogens (tertiary/aromatic N) is 2. The molecule has 1 rings (SSSR count). The molecule has 0 aliphatic carbocycles. The number of piperazine rings is 1. The smallest absolute Gasteiger partial charge is 0.223 e. The van der Waals surface area contributed by atoms with Crippen molar-refractivity contribution >= 4 is 5.91 Å². The van der Waals surface area contributed by atoms with Gasteiger partial charge in [0.15, 0.2) is 0 Å². The number of amides is 1. The molecule has 1 heterocycles. The van der Waals surface area contributed by atoms with Crippen molar-refractivity contribution in [2.75, 3.05) is 39.4 Å². The van der Waals surface area contributed by atoms with Crippen molar-refractivity contribution in [2.24, 2.45) is 0 Å². The van der Waals surface area contributed by atoms with Gasteiger partial charge in [0.1, 0.15) is 0 Å². The van der Waals surface area contributed by atoms with E-state index in [-0.39, 0.29) is 5.91 Å². The van der Waals surface area contributed by atoms with E-state index in [1.807, 2.05) is 18.7 Å². The van der Waals surface area contributed by atoms with E-state index in [4.69, 9.17) is 0 Å². The number of hydrogen-bond acceptors (Lipinski definition) is 3. The van der Waals surface area contributed by atoms with Crippen molar-refractivity contribution in [3.05, 3.63) is 0 Å². The summed E-state index contributed by atoms with van der Waals surface area (Å²) < 4.78 is 0. The topological polar surface area (TPSA) is 35.6 Å². The molecule has 1 N–H and O–H groups in total. The molecule has 4 heteroatoms. The Morgan fingerprint density at radius 1 is 1.36 bits per heavy atom. The lowest BCUT2D eigenvalue weighted by molar-refractivity contribution is -0.132. The summed E-state index contributed by atoms with van der Waals surface area (Å²) in [7, 11) is 0. The van der Waals surface area contributed by atoms with Crippen LogP contribution in [0.15, 0.2) is 0 Å². The van der Waals surface area contributed by atoms with Gasteiger partial charge in [0, 0.05) is 39.1 Å². The molecule has 0 atom stereocenters. The number of carbonyl (C=O) groups is 1. The maximum absolute atomic E-state index is 11.5. The van der Waals surface area contributed by atoms with Crippen LogP contribution in [0.3, 0.4) is 0 Å². The second kappa shape index (κ2) is 5.98. The third-order valence-electron chi connectivity index (χ3n) is 2.62. The predicted octanol–water partition coefficient (Wildman–Crippen LogP) is 0.108. The number of rotatable bonds is 4. The Kier molecular flexibility index (Phi) is 4.90. The first-order valence-electron chi connectivity index (χ1n) is 5.48. The zero-order valence-electron chi connectivity index (χ0n) is 9.25. The molecule has 0 radical (unpaired) electrons. The summed E-state index contributed by atoms with van der Waals surface area (Å²) in [6.07, 6.45) is 0.611. The van der Waals surface area contributed by atoms with Crippen molar-refractivity contribution in [1.29, 1.82) is 0 Å². The van der Waals surface area contributed by atoms with Gasteiger partial charge in [-0.05, 0) is 6.92 Å². The van der Waals surface area contributed by atoms with Crippen LogP contribution >= 0.6 is 0 Å². The highest BCUT2D eigenvalue weighted by Gasteiger charge is 2.15. The molecule has 1 aliphatic rings. The Balaban J connectivity index is 2.34. The zero-order chi connectivity index (χ0) is 10.4. The minimum Gasteiger partial charge on any atom is -0.330 e. The van der Waals surface area contributed by atoms with E-state index >= 15 is 0 Å². The van der Waals surface area contributed by atoms with E-state index < -0.39 is 0 Å². The lowest BCUT2D eigenvalue weighted by Gasteiger charge is -2.32. The maximum atomic E-state index is 11.5. The Bertz CT molecular complexity index is 178. The van der Waals surface area contributed by atoms with E-state index in [1.54, 1.807) is 0 Å². The summed E-state index contributed by atoms with van der Waals surface area (Å²) in [5.74, 6) is 0.256. The average Bonchev–Trinajstić information content (AvgIpc) is 2.26. The van der Waals surface area contributed by atoms with Crippen molar-refractivity contribution in [2.45, 2.75) is 20.3 Å². The summed E-state index contributed by atoms with van der Waals surface area (Å²) in [5, 5.41) is 3.30. The minimum atomic E-state index is 0.256. The predicted molar refractivity (Wildman–Crippen MR) is 57.0 cm³/mol. The van der Waals surface area contributed by atoms with Gasteiger partial charge in [-0.25, -0.2) is 0 Å². The Hall–Kier alpha value is -0.610. The molecule has 0 saturated carbocycles. The van der Waals surface area contributed by atoms with Crippen LogP contribution < -0.4 is 5.32 Å². The van der Waals surface area contributed by atoms with Crippen LogP contribution in [-0.4, -0.2) is 55.1 Å². The van der Waals surface area contributed by atoms with E-state index in [0.717, 1.165) is 39.4 Å². The largest absolute Gasteiger partial charge is 0.330 e. The normalized spacial score (nSPS) is 18.1. The summed E-state index contributed by atoms with van der Waals surface area (Å²) in [5.41, 5.74) is 0. The molecule has 1 fully saturated rings. The van der Waals surface area contributed by atoms with Crippen LogP contribution in [0.25, 0.3) is 0 Å². The SMILES string of the molecule is CCC(=O)N(CC)CN1CCNCC1. The second-order valence-electron chi connectivity index (χ2n) is 3.61. The first-order valence-corrected chi connectivity index (χ1v) is 5.48. The number of carbonyl (C=O) groups excluding carboxylic acids is 1. The Labute approximate surface area is 86.2 Å². The lowest BCUT2D eigenvalue weighted by atomic mass is 10.3. The molecule has 1 amide bonds. The molecule has 0 unspecified atom stereocenters. The quantitative estimate of drug-likeness (QED) is 0.698. The molecule has 0 aromatic rings. The van der Waals surface area contributed by atoms with Crippen LogP contribution in [-0.2, 0) is 4.79 Å². The fourth-order valence-electron chi connectivity index (χ4n) is 1.67. The molecule has 0 bridgehead atoms. The molecule has 0 aromatic carbocycles. The number of hydrogen-bond donors (Lipinski definition) is 1. The molecular formula is C10H21N3O. The standard InChI is InChI=1S/C10H21N3O/c1-3-10(14)13(4-2)9-12-7-5-11-6-8-12/h11H,3-9H2,1-2H3. The van der Waals surface area contributed by atoms with Crippen molar-refractivity contribution in [3.63, 3.8) is 0 Å². The van der Waals surface area contributed by atoms with E-state index in [9.17, 15) is 4.79 Å². The van der Waals surface area contributed by atoms with Crippen LogP contribution in [0.2, 0.25) is 0 Å². The van der Waals surface area contributed by atoms with Crippen LogP contribution in [0.5, 0.6) is 0 Å². The first-order chi connectivity index (χ1) is 6.77. The van der Waals surface area contributed by atoms with Crippen molar-refractivity contribution < 1.29 is 4.79 Å². The van der Waals surface area contributed by atoms with Gasteiger partial charge in [-0.2, -0.15) is 0 Å². The maximum Gasteiger partial charge on any atom is 0.223 e. The van der Waals surface area contributed by atoms with Gasteiger partial charge in [0.25, 0.3) is 0 Å². The van der Waals surface area contributed by atoms with Gasteiger partial charge >= 0.3 is 0 Å². The zero-order valence-corrected chi connectivity index (χ0v) is 9.25. The second-order valence-corrected chi connectivity index (χ2v) is 3.61. The number of nitrogens with one attached hydrogen (secondary N) is 1. The van der Waals surface area contributed by atoms with Gasteiger partial charge in [-0.15, -0.1) is 0 Å². The highest BCUT2D eigenvalue weighted by atomic mass is 16.2. The first kappa shape index (κ1) is 11.5. The molecule has 14 heavy (non-hydrogen) atoms. The molecule has 1 saturated heterocycles. The van der Waals surface area contributed by atoms with E-state index in [1.165, 1.54) is 0 Å². The highest BCUT2D eigenvalue weighted by Crippen LogP contribution is 1.99. The highest BCUT2D eigenvalue weighted by molar-refractivity contribution is 5.75. The Morgan fingerprint density at radius 3 is 2.50 bits per heavy atom. The van der Waals surface area contributed by atoms with Gasteiger partial charge in [-0.1, -0.05) is 6.92 Å². The molecule has 0 aromatic heterocycles. The van der Waals surface area contributed by atoms with Gasteiger partial charge in [0.2, 0.25) is 5.91 Å².